The predicted molar refractivity (Wildman–Crippen MR) is 140 cm³/mol. The van der Waals surface area contributed by atoms with Gasteiger partial charge in [-0.15, -0.1) is 0 Å². The third-order valence-electron chi connectivity index (χ3n) is 5.42. The molecule has 0 atom stereocenters. The third-order valence-corrected chi connectivity index (χ3v) is 6.76. The molecular formula is C26H29NO9S. The van der Waals surface area contributed by atoms with Crippen molar-refractivity contribution >= 4 is 27.9 Å². The van der Waals surface area contributed by atoms with Crippen LogP contribution in [0.3, 0.4) is 0 Å². The van der Waals surface area contributed by atoms with E-state index in [1.807, 2.05) is 0 Å². The Hall–Kier alpha value is -4.25. The fraction of sp³-hybridized carbons (Fsp3) is 0.231. The monoisotopic (exact) mass is 531 g/mol. The van der Waals surface area contributed by atoms with Crippen molar-refractivity contribution in [1.82, 2.24) is 0 Å². The summed E-state index contributed by atoms with van der Waals surface area (Å²) in [6.45, 7) is 0. The first-order valence-corrected chi connectivity index (χ1v) is 12.3. The van der Waals surface area contributed by atoms with Crippen molar-refractivity contribution in [2.45, 2.75) is 4.90 Å². The molecule has 0 aliphatic heterocycles. The number of benzene rings is 3. The summed E-state index contributed by atoms with van der Waals surface area (Å²) in [5.41, 5.74) is 1.16. The summed E-state index contributed by atoms with van der Waals surface area (Å²) in [6.07, 6.45) is 3.39. The van der Waals surface area contributed by atoms with Crippen LogP contribution in [0.4, 0.5) is 5.69 Å². The van der Waals surface area contributed by atoms with Crippen molar-refractivity contribution in [2.75, 3.05) is 47.4 Å². The predicted octanol–water partition coefficient (Wildman–Crippen LogP) is 4.42. The lowest BCUT2D eigenvalue weighted by molar-refractivity contribution is 0.324. The third kappa shape index (κ3) is 5.78. The van der Waals surface area contributed by atoms with E-state index in [2.05, 4.69) is 4.72 Å². The molecule has 37 heavy (non-hydrogen) atoms. The van der Waals surface area contributed by atoms with E-state index in [-0.39, 0.29) is 27.8 Å². The molecule has 198 valence electrons. The smallest absolute Gasteiger partial charge is 0.262 e. The highest BCUT2D eigenvalue weighted by molar-refractivity contribution is 7.92. The largest absolute Gasteiger partial charge is 0.504 e. The van der Waals surface area contributed by atoms with Crippen LogP contribution in [-0.4, -0.2) is 56.2 Å². The van der Waals surface area contributed by atoms with E-state index in [1.54, 1.807) is 30.4 Å². The maximum atomic E-state index is 13.3. The highest BCUT2D eigenvalue weighted by Gasteiger charge is 2.22. The fourth-order valence-electron chi connectivity index (χ4n) is 3.60. The van der Waals surface area contributed by atoms with Crippen LogP contribution in [0.2, 0.25) is 0 Å². The van der Waals surface area contributed by atoms with Gasteiger partial charge >= 0.3 is 0 Å². The first-order chi connectivity index (χ1) is 17.7. The van der Waals surface area contributed by atoms with Crippen molar-refractivity contribution in [3.8, 4) is 40.2 Å². The van der Waals surface area contributed by atoms with Crippen molar-refractivity contribution in [1.29, 1.82) is 0 Å². The molecular weight excluding hydrogens is 502 g/mol. The molecule has 0 amide bonds. The van der Waals surface area contributed by atoms with Gasteiger partial charge in [0, 0.05) is 11.6 Å². The summed E-state index contributed by atoms with van der Waals surface area (Å²) in [7, 11) is 4.60. The Kier molecular flexibility index (Phi) is 8.61. The second-order valence-corrected chi connectivity index (χ2v) is 9.18. The normalized spacial score (nSPS) is 11.2. The fourth-order valence-corrected chi connectivity index (χ4v) is 4.70. The molecule has 3 rings (SSSR count). The van der Waals surface area contributed by atoms with Crippen LogP contribution in [0.25, 0.3) is 12.2 Å². The van der Waals surface area contributed by atoms with Crippen LogP contribution >= 0.6 is 0 Å². The molecule has 2 N–H and O–H groups in total. The van der Waals surface area contributed by atoms with Crippen LogP contribution in [0.15, 0.2) is 47.4 Å². The van der Waals surface area contributed by atoms with Crippen LogP contribution in [0.5, 0.6) is 40.2 Å². The molecule has 0 fully saturated rings. The Morgan fingerprint density at radius 2 is 1.27 bits per heavy atom. The highest BCUT2D eigenvalue weighted by Crippen LogP contribution is 2.41. The van der Waals surface area contributed by atoms with Gasteiger partial charge in [0.25, 0.3) is 10.0 Å². The van der Waals surface area contributed by atoms with Crippen LogP contribution in [-0.2, 0) is 10.0 Å². The lowest BCUT2D eigenvalue weighted by Crippen LogP contribution is -2.15. The standard InChI is InChI=1S/C26H29NO9S/c1-31-20-12-10-18(15-21(20)32-2)37(29,30)27-24-17(9-11-19(28)25(24)35-5)8-7-16-13-22(33-3)26(36-6)23(14-16)34-4/h7-15,27-28H,1-6H3. The molecule has 3 aromatic rings. The summed E-state index contributed by atoms with van der Waals surface area (Å²) < 4.78 is 61.0. The van der Waals surface area contributed by atoms with Gasteiger partial charge in [0.15, 0.2) is 34.5 Å². The van der Waals surface area contributed by atoms with Gasteiger partial charge in [-0.25, -0.2) is 8.42 Å². The number of hydrogen-bond acceptors (Lipinski definition) is 9. The number of phenols is 1. The molecule has 10 nitrogen and oxygen atoms in total. The van der Waals surface area contributed by atoms with Crippen molar-refractivity contribution in [3.05, 3.63) is 53.6 Å². The zero-order chi connectivity index (χ0) is 27.2. The van der Waals surface area contributed by atoms with E-state index in [1.165, 1.54) is 66.9 Å². The zero-order valence-corrected chi connectivity index (χ0v) is 22.1. The topological polar surface area (TPSA) is 122 Å². The number of aromatic hydroxyl groups is 1. The number of ether oxygens (including phenoxy) is 6. The van der Waals surface area contributed by atoms with E-state index < -0.39 is 10.0 Å². The summed E-state index contributed by atoms with van der Waals surface area (Å²) in [5, 5.41) is 10.3. The molecule has 3 aromatic carbocycles. The number of sulfonamides is 1. The SMILES string of the molecule is COc1ccc(S(=O)(=O)Nc2c(C=Cc3cc(OC)c(OC)c(OC)c3)ccc(O)c2OC)cc1OC. The van der Waals surface area contributed by atoms with E-state index in [4.69, 9.17) is 28.4 Å². The van der Waals surface area contributed by atoms with E-state index >= 15 is 0 Å². The lowest BCUT2D eigenvalue weighted by atomic mass is 10.1. The van der Waals surface area contributed by atoms with Gasteiger partial charge < -0.3 is 33.5 Å². The highest BCUT2D eigenvalue weighted by atomic mass is 32.2. The lowest BCUT2D eigenvalue weighted by Gasteiger charge is -2.17. The summed E-state index contributed by atoms with van der Waals surface area (Å²) in [6, 6.07) is 10.6. The zero-order valence-electron chi connectivity index (χ0n) is 21.3. The van der Waals surface area contributed by atoms with Crippen LogP contribution in [0.1, 0.15) is 11.1 Å². The first-order valence-electron chi connectivity index (χ1n) is 10.9. The first kappa shape index (κ1) is 27.3. The molecule has 0 bridgehead atoms. The molecule has 0 aliphatic rings. The number of rotatable bonds is 11. The molecule has 11 heteroatoms. The number of anilines is 1. The Morgan fingerprint density at radius 3 is 1.81 bits per heavy atom. The minimum atomic E-state index is -4.12. The Morgan fingerprint density at radius 1 is 0.676 bits per heavy atom. The second-order valence-electron chi connectivity index (χ2n) is 7.50. The molecule has 0 spiro atoms. The van der Waals surface area contributed by atoms with Crippen molar-refractivity contribution in [2.24, 2.45) is 0 Å². The van der Waals surface area contributed by atoms with Gasteiger partial charge in [-0.2, -0.15) is 0 Å². The summed E-state index contributed by atoms with van der Waals surface area (Å²) in [4.78, 5) is -0.0740. The quantitative estimate of drug-likeness (QED) is 0.346. The maximum Gasteiger partial charge on any atom is 0.262 e. The van der Waals surface area contributed by atoms with Gasteiger partial charge in [-0.05, 0) is 42.0 Å². The molecule has 0 heterocycles. The minimum Gasteiger partial charge on any atom is -0.504 e. The maximum absolute atomic E-state index is 13.3. The van der Waals surface area contributed by atoms with Crippen LogP contribution in [0, 0.1) is 0 Å². The number of nitrogens with one attached hydrogen (secondary N) is 1. The average molecular weight is 532 g/mol. The van der Waals surface area contributed by atoms with Gasteiger partial charge in [0.05, 0.1) is 47.6 Å². The number of methoxy groups -OCH3 is 6. The molecule has 0 saturated heterocycles. The van der Waals surface area contributed by atoms with E-state index in [9.17, 15) is 13.5 Å². The Bertz CT molecular complexity index is 1380. The summed E-state index contributed by atoms with van der Waals surface area (Å²) >= 11 is 0. The summed E-state index contributed by atoms with van der Waals surface area (Å²) in [5.74, 6) is 1.70. The second kappa shape index (κ2) is 11.7. The van der Waals surface area contributed by atoms with Gasteiger partial charge in [-0.3, -0.25) is 4.72 Å². The van der Waals surface area contributed by atoms with E-state index in [0.717, 1.165) is 0 Å². The molecule has 0 radical (unpaired) electrons. The average Bonchev–Trinajstić information content (AvgIpc) is 2.91. The minimum absolute atomic E-state index is 0.0426. The number of hydrogen-bond donors (Lipinski definition) is 2. The molecule has 0 aromatic heterocycles. The molecule has 0 saturated carbocycles. The Balaban J connectivity index is 2.08. The van der Waals surface area contributed by atoms with E-state index in [0.29, 0.717) is 34.1 Å². The van der Waals surface area contributed by atoms with Crippen LogP contribution < -0.4 is 33.1 Å². The van der Waals surface area contributed by atoms with Gasteiger partial charge in [0.2, 0.25) is 5.75 Å². The Labute approximate surface area is 216 Å². The van der Waals surface area contributed by atoms with Gasteiger partial charge in [0.1, 0.15) is 5.69 Å². The number of phenolic OH excluding ortho intramolecular Hbond substituents is 1. The molecule has 0 aliphatic carbocycles. The van der Waals surface area contributed by atoms with Gasteiger partial charge in [-0.1, -0.05) is 12.2 Å². The molecule has 0 unspecified atom stereocenters. The van der Waals surface area contributed by atoms with Crippen molar-refractivity contribution < 1.29 is 41.9 Å². The van der Waals surface area contributed by atoms with Crippen molar-refractivity contribution in [3.63, 3.8) is 0 Å².